The first-order valence-corrected chi connectivity index (χ1v) is 11.6. The van der Waals surface area contributed by atoms with Gasteiger partial charge < -0.3 is 10.1 Å². The second-order valence-electron chi connectivity index (χ2n) is 6.32. The Morgan fingerprint density at radius 1 is 1.07 bits per heavy atom. The average Bonchev–Trinajstić information content (AvgIpc) is 2.75. The van der Waals surface area contributed by atoms with Crippen LogP contribution in [0.25, 0.3) is 0 Å². The Balaban J connectivity index is 1.52. The van der Waals surface area contributed by atoms with Gasteiger partial charge in [-0.25, -0.2) is 8.42 Å². The van der Waals surface area contributed by atoms with Crippen molar-refractivity contribution in [2.75, 3.05) is 38.6 Å². The normalized spacial score (nSPS) is 15.3. The number of sulfonamides is 1. The van der Waals surface area contributed by atoms with E-state index in [2.05, 4.69) is 17.4 Å². The molecule has 28 heavy (non-hydrogen) atoms. The molecule has 150 valence electrons. The monoisotopic (exact) mass is 420 g/mol. The largest absolute Gasteiger partial charge is 0.379 e. The molecule has 0 atom stereocenters. The third-order valence-corrected chi connectivity index (χ3v) is 7.32. The molecular weight excluding hydrogens is 396 g/mol. The molecule has 8 heteroatoms. The highest BCUT2D eigenvalue weighted by molar-refractivity contribution is 7.99. The van der Waals surface area contributed by atoms with Crippen molar-refractivity contribution in [2.24, 2.45) is 0 Å². The van der Waals surface area contributed by atoms with Gasteiger partial charge in [0.05, 0.1) is 18.1 Å². The SMILES string of the molecule is O=C(NCCCSc1ccccc1)c1cccc(S(=O)(=O)N2CCOCC2)c1. The highest BCUT2D eigenvalue weighted by Gasteiger charge is 2.26. The summed E-state index contributed by atoms with van der Waals surface area (Å²) in [6.07, 6.45) is 0.830. The summed E-state index contributed by atoms with van der Waals surface area (Å²) in [7, 11) is -3.61. The third kappa shape index (κ3) is 5.57. The molecule has 0 radical (unpaired) electrons. The van der Waals surface area contributed by atoms with Gasteiger partial charge in [0.15, 0.2) is 0 Å². The van der Waals surface area contributed by atoms with Crippen LogP contribution in [0.4, 0.5) is 0 Å². The fourth-order valence-corrected chi connectivity index (χ4v) is 5.15. The summed E-state index contributed by atoms with van der Waals surface area (Å²) < 4.78 is 32.1. The number of thioether (sulfide) groups is 1. The van der Waals surface area contributed by atoms with Crippen LogP contribution >= 0.6 is 11.8 Å². The van der Waals surface area contributed by atoms with Gasteiger partial charge >= 0.3 is 0 Å². The molecule has 0 aliphatic carbocycles. The maximum absolute atomic E-state index is 12.7. The number of carbonyl (C=O) groups excluding carboxylic acids is 1. The van der Waals surface area contributed by atoms with Crippen LogP contribution in [0.1, 0.15) is 16.8 Å². The molecule has 1 amide bonds. The Morgan fingerprint density at radius 2 is 1.82 bits per heavy atom. The van der Waals surface area contributed by atoms with E-state index in [1.54, 1.807) is 23.9 Å². The Hall–Kier alpha value is -1.87. The van der Waals surface area contributed by atoms with Gasteiger partial charge in [-0.05, 0) is 42.5 Å². The van der Waals surface area contributed by atoms with E-state index in [9.17, 15) is 13.2 Å². The molecule has 1 heterocycles. The molecule has 0 unspecified atom stereocenters. The standard InChI is InChI=1S/C20H24N2O4S2/c23-20(21-10-5-15-27-18-7-2-1-3-8-18)17-6-4-9-19(16-17)28(24,25)22-11-13-26-14-12-22/h1-4,6-9,16H,5,10-15H2,(H,21,23). The van der Waals surface area contributed by atoms with Crippen LogP contribution in [0.15, 0.2) is 64.4 Å². The number of carbonyl (C=O) groups is 1. The summed E-state index contributed by atoms with van der Waals surface area (Å²) in [4.78, 5) is 13.7. The van der Waals surface area contributed by atoms with Crippen LogP contribution < -0.4 is 5.32 Å². The Morgan fingerprint density at radius 3 is 2.57 bits per heavy atom. The fraction of sp³-hybridized carbons (Fsp3) is 0.350. The minimum absolute atomic E-state index is 0.140. The third-order valence-electron chi connectivity index (χ3n) is 4.32. The molecule has 1 saturated heterocycles. The van der Waals surface area contributed by atoms with Crippen LogP contribution in [-0.4, -0.2) is 57.2 Å². The number of hydrogen-bond acceptors (Lipinski definition) is 5. The smallest absolute Gasteiger partial charge is 0.251 e. The number of benzene rings is 2. The van der Waals surface area contributed by atoms with Crippen molar-refractivity contribution in [3.05, 3.63) is 60.2 Å². The lowest BCUT2D eigenvalue weighted by Crippen LogP contribution is -2.40. The van der Waals surface area contributed by atoms with Gasteiger partial charge in [-0.3, -0.25) is 4.79 Å². The summed E-state index contributed by atoms with van der Waals surface area (Å²) in [6, 6.07) is 16.3. The van der Waals surface area contributed by atoms with Gasteiger partial charge in [0.2, 0.25) is 10.0 Å². The van der Waals surface area contributed by atoms with Gasteiger partial charge in [-0.2, -0.15) is 4.31 Å². The maximum Gasteiger partial charge on any atom is 0.251 e. The highest BCUT2D eigenvalue weighted by Crippen LogP contribution is 2.19. The lowest BCUT2D eigenvalue weighted by atomic mass is 10.2. The minimum atomic E-state index is -3.61. The Kier molecular flexibility index (Phi) is 7.50. The quantitative estimate of drug-likeness (QED) is 0.525. The van der Waals surface area contributed by atoms with E-state index < -0.39 is 10.0 Å². The summed E-state index contributed by atoms with van der Waals surface area (Å²) in [5.74, 6) is 0.638. The molecule has 1 aliphatic rings. The van der Waals surface area contributed by atoms with Crippen LogP contribution in [0.3, 0.4) is 0 Å². The van der Waals surface area contributed by atoms with E-state index >= 15 is 0 Å². The lowest BCUT2D eigenvalue weighted by Gasteiger charge is -2.26. The number of ether oxygens (including phenoxy) is 1. The molecule has 3 rings (SSSR count). The van der Waals surface area contributed by atoms with Gasteiger partial charge in [-0.1, -0.05) is 24.3 Å². The number of hydrogen-bond donors (Lipinski definition) is 1. The zero-order chi connectivity index (χ0) is 19.8. The van der Waals surface area contributed by atoms with Crippen molar-refractivity contribution in [1.82, 2.24) is 9.62 Å². The molecule has 0 saturated carbocycles. The summed E-state index contributed by atoms with van der Waals surface area (Å²) >= 11 is 1.74. The first kappa shape index (κ1) is 20.9. The Labute approximate surface area is 170 Å². The minimum Gasteiger partial charge on any atom is -0.379 e. The highest BCUT2D eigenvalue weighted by atomic mass is 32.2. The first-order valence-electron chi connectivity index (χ1n) is 9.21. The van der Waals surface area contributed by atoms with Crippen molar-refractivity contribution < 1.29 is 17.9 Å². The van der Waals surface area contributed by atoms with Crippen molar-refractivity contribution in [3.8, 4) is 0 Å². The summed E-state index contributed by atoms with van der Waals surface area (Å²) in [5, 5.41) is 2.86. The van der Waals surface area contributed by atoms with Crippen LogP contribution in [0.2, 0.25) is 0 Å². The molecule has 0 bridgehead atoms. The number of nitrogens with zero attached hydrogens (tertiary/aromatic N) is 1. The van der Waals surface area contributed by atoms with E-state index in [1.807, 2.05) is 18.2 Å². The van der Waals surface area contributed by atoms with Gasteiger partial charge in [0, 0.05) is 30.1 Å². The van der Waals surface area contributed by atoms with Crippen LogP contribution in [0.5, 0.6) is 0 Å². The topological polar surface area (TPSA) is 75.7 Å². The fourth-order valence-electron chi connectivity index (χ4n) is 2.82. The van der Waals surface area contributed by atoms with E-state index in [4.69, 9.17) is 4.74 Å². The van der Waals surface area contributed by atoms with Crippen molar-refractivity contribution >= 4 is 27.7 Å². The number of amides is 1. The zero-order valence-electron chi connectivity index (χ0n) is 15.5. The molecule has 2 aromatic carbocycles. The van der Waals surface area contributed by atoms with E-state index in [-0.39, 0.29) is 10.8 Å². The number of morpholine rings is 1. The summed E-state index contributed by atoms with van der Waals surface area (Å²) in [5.41, 5.74) is 0.352. The number of rotatable bonds is 8. The number of nitrogens with one attached hydrogen (secondary N) is 1. The summed E-state index contributed by atoms with van der Waals surface area (Å²) in [6.45, 7) is 1.98. The molecule has 2 aromatic rings. The van der Waals surface area contributed by atoms with Crippen LogP contribution in [0, 0.1) is 0 Å². The molecular formula is C20H24N2O4S2. The second kappa shape index (κ2) is 10.1. The van der Waals surface area contributed by atoms with E-state index in [1.165, 1.54) is 21.3 Å². The van der Waals surface area contributed by atoms with Crippen molar-refractivity contribution in [1.29, 1.82) is 0 Å². The van der Waals surface area contributed by atoms with Crippen molar-refractivity contribution in [3.63, 3.8) is 0 Å². The molecule has 6 nitrogen and oxygen atoms in total. The molecule has 1 aliphatic heterocycles. The average molecular weight is 421 g/mol. The van der Waals surface area contributed by atoms with E-state index in [0.29, 0.717) is 38.4 Å². The van der Waals surface area contributed by atoms with Gasteiger partial charge in [0.25, 0.3) is 5.91 Å². The molecule has 1 N–H and O–H groups in total. The van der Waals surface area contributed by atoms with E-state index in [0.717, 1.165) is 12.2 Å². The molecule has 0 spiro atoms. The zero-order valence-corrected chi connectivity index (χ0v) is 17.2. The second-order valence-corrected chi connectivity index (χ2v) is 9.42. The maximum atomic E-state index is 12.7. The predicted molar refractivity (Wildman–Crippen MR) is 110 cm³/mol. The van der Waals surface area contributed by atoms with Gasteiger partial charge in [-0.15, -0.1) is 11.8 Å². The van der Waals surface area contributed by atoms with Gasteiger partial charge in [0.1, 0.15) is 0 Å². The molecule has 0 aromatic heterocycles. The Bertz CT molecular complexity index is 882. The predicted octanol–water partition coefficient (Wildman–Crippen LogP) is 2.62. The van der Waals surface area contributed by atoms with Crippen LogP contribution in [-0.2, 0) is 14.8 Å². The first-order chi connectivity index (χ1) is 13.6. The lowest BCUT2D eigenvalue weighted by molar-refractivity contribution is 0.0730. The molecule has 1 fully saturated rings. The van der Waals surface area contributed by atoms with Crippen molar-refractivity contribution in [2.45, 2.75) is 16.2 Å².